The van der Waals surface area contributed by atoms with Crippen LogP contribution in [0.5, 0.6) is 0 Å². The van der Waals surface area contributed by atoms with Gasteiger partial charge in [0, 0.05) is 17.7 Å². The number of hydrogen-bond donors (Lipinski definition) is 1. The normalized spacial score (nSPS) is 14.4. The number of carbonyl (C=O) groups excluding carboxylic acids is 1. The fourth-order valence-corrected chi connectivity index (χ4v) is 2.68. The lowest BCUT2D eigenvalue weighted by Crippen LogP contribution is -2.14. The molecule has 0 atom stereocenters. The molecule has 0 radical (unpaired) electrons. The summed E-state index contributed by atoms with van der Waals surface area (Å²) in [6.45, 7) is 0. The minimum atomic E-state index is -0.523. The number of aryl methyl sites for hydroxylation is 1. The van der Waals surface area contributed by atoms with Gasteiger partial charge in [0.25, 0.3) is 5.91 Å². The van der Waals surface area contributed by atoms with E-state index >= 15 is 0 Å². The number of hydrogen-bond acceptors (Lipinski definition) is 3. The van der Waals surface area contributed by atoms with Crippen molar-refractivity contribution < 1.29 is 13.7 Å². The van der Waals surface area contributed by atoms with Gasteiger partial charge in [-0.15, -0.1) is 0 Å². The fraction of sp³-hybridized carbons (Fsp3) is 0.333. The summed E-state index contributed by atoms with van der Waals surface area (Å²) in [5.74, 6) is -0.0793. The third kappa shape index (κ3) is 2.93. The quantitative estimate of drug-likeness (QED) is 0.853. The lowest BCUT2D eigenvalue weighted by Gasteiger charge is -2.05. The molecule has 0 spiro atoms. The van der Waals surface area contributed by atoms with Crippen LogP contribution in [0.25, 0.3) is 0 Å². The van der Waals surface area contributed by atoms with E-state index in [9.17, 15) is 9.18 Å². The third-order valence-electron chi connectivity index (χ3n) is 3.59. The molecule has 2 aromatic rings. The number of aromatic nitrogens is 1. The molecule has 1 aliphatic rings. The second-order valence-corrected chi connectivity index (χ2v) is 5.48. The Bertz CT molecular complexity index is 684. The molecule has 3 rings (SSSR count). The van der Waals surface area contributed by atoms with Crippen LogP contribution < -0.4 is 5.32 Å². The Morgan fingerprint density at radius 2 is 2.10 bits per heavy atom. The second-order valence-electron chi connectivity index (χ2n) is 5.08. The average Bonchev–Trinajstić information content (AvgIpc) is 2.72. The van der Waals surface area contributed by atoms with Gasteiger partial charge in [-0.3, -0.25) is 4.79 Å². The van der Waals surface area contributed by atoms with Gasteiger partial charge >= 0.3 is 0 Å². The first kappa shape index (κ1) is 14.1. The van der Waals surface area contributed by atoms with Crippen molar-refractivity contribution in [2.24, 2.45) is 0 Å². The van der Waals surface area contributed by atoms with Gasteiger partial charge in [-0.25, -0.2) is 4.39 Å². The van der Waals surface area contributed by atoms with Gasteiger partial charge in [0.05, 0.1) is 5.02 Å². The Hall–Kier alpha value is -1.88. The van der Waals surface area contributed by atoms with Gasteiger partial charge < -0.3 is 9.84 Å². The largest absolute Gasteiger partial charge is 0.360 e. The number of carbonyl (C=O) groups is 1. The van der Waals surface area contributed by atoms with Crippen molar-refractivity contribution in [3.05, 3.63) is 46.1 Å². The molecule has 110 valence electrons. The van der Waals surface area contributed by atoms with E-state index in [1.165, 1.54) is 18.2 Å². The first-order chi connectivity index (χ1) is 10.1. The summed E-state index contributed by atoms with van der Waals surface area (Å²) >= 11 is 5.70. The molecule has 0 fully saturated rings. The zero-order valence-electron chi connectivity index (χ0n) is 11.3. The highest BCUT2D eigenvalue weighted by Gasteiger charge is 2.23. The molecule has 4 nitrogen and oxygen atoms in total. The van der Waals surface area contributed by atoms with Crippen LogP contribution in [0.1, 0.15) is 41.1 Å². The van der Waals surface area contributed by atoms with Gasteiger partial charge in [-0.1, -0.05) is 23.2 Å². The summed E-state index contributed by atoms with van der Waals surface area (Å²) in [7, 11) is 0. The molecule has 0 unspecified atom stereocenters. The third-order valence-corrected chi connectivity index (χ3v) is 3.88. The van der Waals surface area contributed by atoms with Crippen LogP contribution >= 0.6 is 11.6 Å². The summed E-state index contributed by atoms with van der Waals surface area (Å²) < 4.78 is 18.4. The van der Waals surface area contributed by atoms with Gasteiger partial charge in [-0.05, 0) is 37.5 Å². The molecule has 1 aromatic carbocycles. The summed E-state index contributed by atoms with van der Waals surface area (Å²) in [4.78, 5) is 12.3. The number of benzene rings is 1. The number of anilines is 1. The predicted molar refractivity (Wildman–Crippen MR) is 77.1 cm³/mol. The van der Waals surface area contributed by atoms with Gasteiger partial charge in [-0.2, -0.15) is 0 Å². The van der Waals surface area contributed by atoms with E-state index in [0.717, 1.165) is 43.4 Å². The zero-order chi connectivity index (χ0) is 14.8. The lowest BCUT2D eigenvalue weighted by atomic mass is 10.1. The van der Waals surface area contributed by atoms with Crippen molar-refractivity contribution in [1.29, 1.82) is 0 Å². The van der Waals surface area contributed by atoms with Crippen molar-refractivity contribution >= 4 is 23.2 Å². The van der Waals surface area contributed by atoms with E-state index < -0.39 is 5.82 Å². The zero-order valence-corrected chi connectivity index (χ0v) is 12.0. The minimum absolute atomic E-state index is 0.0354. The lowest BCUT2D eigenvalue weighted by molar-refractivity contribution is 0.101. The Morgan fingerprint density at radius 1 is 1.29 bits per heavy atom. The van der Waals surface area contributed by atoms with Crippen LogP contribution in [0.3, 0.4) is 0 Å². The van der Waals surface area contributed by atoms with E-state index in [0.29, 0.717) is 11.4 Å². The number of amides is 1. The Balaban J connectivity index is 1.82. The number of fused-ring (bicyclic) bond motifs is 1. The highest BCUT2D eigenvalue weighted by molar-refractivity contribution is 6.31. The van der Waals surface area contributed by atoms with E-state index in [-0.39, 0.29) is 10.9 Å². The molecule has 1 amide bonds. The van der Waals surface area contributed by atoms with Gasteiger partial charge in [0.1, 0.15) is 11.6 Å². The SMILES string of the molecule is O=C(Nc1ccc(F)c(Cl)c1)c1noc2c1CCCCC2. The first-order valence-electron chi connectivity index (χ1n) is 6.89. The van der Waals surface area contributed by atoms with Crippen LogP contribution in [-0.4, -0.2) is 11.1 Å². The van der Waals surface area contributed by atoms with Crippen molar-refractivity contribution in [1.82, 2.24) is 5.16 Å². The van der Waals surface area contributed by atoms with Gasteiger partial charge in [0.2, 0.25) is 0 Å². The highest BCUT2D eigenvalue weighted by atomic mass is 35.5. The van der Waals surface area contributed by atoms with Gasteiger partial charge in [0.15, 0.2) is 5.69 Å². The van der Waals surface area contributed by atoms with Crippen LogP contribution in [0.15, 0.2) is 22.7 Å². The number of rotatable bonds is 2. The van der Waals surface area contributed by atoms with Crippen LogP contribution in [0.2, 0.25) is 5.02 Å². The topological polar surface area (TPSA) is 55.1 Å². The summed E-state index contributed by atoms with van der Waals surface area (Å²) in [5.41, 5.74) is 1.63. The Labute approximate surface area is 126 Å². The average molecular weight is 309 g/mol. The summed E-state index contributed by atoms with van der Waals surface area (Å²) in [6, 6.07) is 4.03. The number of nitrogens with one attached hydrogen (secondary N) is 1. The Morgan fingerprint density at radius 3 is 2.90 bits per heavy atom. The molecular weight excluding hydrogens is 295 g/mol. The van der Waals surface area contributed by atoms with Crippen LogP contribution in [0.4, 0.5) is 10.1 Å². The first-order valence-corrected chi connectivity index (χ1v) is 7.27. The molecule has 0 saturated carbocycles. The van der Waals surface area contributed by atoms with Crippen molar-refractivity contribution in [2.45, 2.75) is 32.1 Å². The molecule has 0 bridgehead atoms. The smallest absolute Gasteiger partial charge is 0.278 e. The second kappa shape index (κ2) is 5.85. The summed E-state index contributed by atoms with van der Waals surface area (Å²) in [5, 5.41) is 6.52. The molecule has 0 saturated heterocycles. The fourth-order valence-electron chi connectivity index (χ4n) is 2.50. The van der Waals surface area contributed by atoms with Crippen molar-refractivity contribution in [3.8, 4) is 0 Å². The minimum Gasteiger partial charge on any atom is -0.360 e. The van der Waals surface area contributed by atoms with E-state index in [4.69, 9.17) is 16.1 Å². The van der Waals surface area contributed by atoms with E-state index in [1.54, 1.807) is 0 Å². The highest BCUT2D eigenvalue weighted by Crippen LogP contribution is 2.25. The molecule has 1 N–H and O–H groups in total. The van der Waals surface area contributed by atoms with Crippen molar-refractivity contribution in [3.63, 3.8) is 0 Å². The predicted octanol–water partition coefficient (Wildman–Crippen LogP) is 3.99. The molecule has 6 heteroatoms. The van der Waals surface area contributed by atoms with Crippen LogP contribution in [0, 0.1) is 5.82 Å². The van der Waals surface area contributed by atoms with E-state index in [1.807, 2.05) is 0 Å². The molecule has 0 aliphatic heterocycles. The van der Waals surface area contributed by atoms with Crippen LogP contribution in [-0.2, 0) is 12.8 Å². The Kier molecular flexibility index (Phi) is 3.92. The molecule has 21 heavy (non-hydrogen) atoms. The monoisotopic (exact) mass is 308 g/mol. The molecular formula is C15H14ClFN2O2. The number of nitrogens with zero attached hydrogens (tertiary/aromatic N) is 1. The molecule has 1 aliphatic carbocycles. The maximum absolute atomic E-state index is 13.1. The maximum atomic E-state index is 13.1. The van der Waals surface area contributed by atoms with Crippen molar-refractivity contribution in [2.75, 3.05) is 5.32 Å². The number of halogens is 2. The molecule has 1 aromatic heterocycles. The maximum Gasteiger partial charge on any atom is 0.278 e. The van der Waals surface area contributed by atoms with E-state index in [2.05, 4.69) is 10.5 Å². The summed E-state index contributed by atoms with van der Waals surface area (Å²) in [6.07, 6.45) is 4.82. The standard InChI is InChI=1S/C15H14ClFN2O2/c16-11-8-9(6-7-12(11)17)18-15(20)14-10-4-2-1-3-5-13(10)21-19-14/h6-8H,1-5H2,(H,18,20). The molecule has 1 heterocycles.